The van der Waals surface area contributed by atoms with Crippen molar-refractivity contribution in [3.63, 3.8) is 0 Å². The van der Waals surface area contributed by atoms with E-state index < -0.39 is 52.4 Å². The van der Waals surface area contributed by atoms with Crippen molar-refractivity contribution >= 4 is 41.4 Å². The van der Waals surface area contributed by atoms with Gasteiger partial charge in [0.1, 0.15) is 5.91 Å². The molecule has 30 heavy (non-hydrogen) atoms. The number of hydrogen-bond acceptors (Lipinski definition) is 10. The van der Waals surface area contributed by atoms with Crippen LogP contribution in [-0.2, 0) is 109 Å². The molecular formula is C11H14N4O13Y2-4. The fourth-order valence-electron chi connectivity index (χ4n) is 1.18. The quantitative estimate of drug-likeness (QED) is 0.148. The van der Waals surface area contributed by atoms with Gasteiger partial charge in [0.05, 0.1) is 11.8 Å². The molecule has 0 aromatic carbocycles. The fraction of sp³-hybridized carbons (Fsp3) is 0.364. The van der Waals surface area contributed by atoms with Crippen LogP contribution in [0.3, 0.4) is 0 Å². The molecule has 0 aliphatic rings. The Kier molecular flexibility index (Phi) is 22.4. The van der Waals surface area contributed by atoms with E-state index in [2.05, 4.69) is 9.93 Å². The Balaban J connectivity index is -0.000000121. The Labute approximate surface area is 217 Å². The summed E-state index contributed by atoms with van der Waals surface area (Å²) >= 11 is 0. The Morgan fingerprint density at radius 1 is 0.700 bits per heavy atom. The molecule has 0 rings (SSSR count). The molecule has 8 N–H and O–H groups in total. The minimum Gasteiger partial charge on any atom is -0.680 e. The van der Waals surface area contributed by atoms with E-state index >= 15 is 0 Å². The summed E-state index contributed by atoms with van der Waals surface area (Å²) in [4.78, 5) is 76.5. The van der Waals surface area contributed by atoms with Crippen LogP contribution in [0.15, 0.2) is 0 Å². The van der Waals surface area contributed by atoms with Crippen LogP contribution < -0.4 is 0 Å². The first kappa shape index (κ1) is 39.1. The van der Waals surface area contributed by atoms with Gasteiger partial charge in [-0.25, -0.2) is 10.1 Å². The molecule has 0 fully saturated rings. The second kappa shape index (κ2) is 17.2. The van der Waals surface area contributed by atoms with Gasteiger partial charge in [-0.3, -0.25) is 14.4 Å². The Hall–Kier alpha value is -1.46. The normalized spacial score (nSPS) is 11.1. The molecule has 2 radical (unpaired) electrons. The van der Waals surface area contributed by atoms with Gasteiger partial charge in [0.25, 0.3) is 5.60 Å². The number of nitrogens with one attached hydrogen (secondary N) is 4. The van der Waals surface area contributed by atoms with Crippen LogP contribution in [-0.4, -0.2) is 74.6 Å². The van der Waals surface area contributed by atoms with Crippen molar-refractivity contribution in [1.29, 1.82) is 0 Å². The van der Waals surface area contributed by atoms with Crippen molar-refractivity contribution < 1.29 is 129 Å². The topological polar surface area (TPSA) is 314 Å². The molecule has 0 heterocycles. The van der Waals surface area contributed by atoms with Crippen molar-refractivity contribution in [2.75, 3.05) is 7.05 Å². The molecule has 0 aliphatic carbocycles. The number of carboxylic acids is 3. The summed E-state index contributed by atoms with van der Waals surface area (Å²) in [6.07, 6.45) is 0. The SMILES string of the molecule is CC(=O)C(OOO)(C([NH-])=O)C(=O)O.C[NH-].[NH-]C(=O)C(C([NH-])=O)(C(=O)O)C(=O)O.[Y].[Y]. The maximum absolute atomic E-state index is 10.7. The maximum atomic E-state index is 10.7. The van der Waals surface area contributed by atoms with E-state index in [1.165, 1.54) is 7.05 Å². The van der Waals surface area contributed by atoms with Crippen LogP contribution in [0.4, 0.5) is 0 Å². The van der Waals surface area contributed by atoms with Gasteiger partial charge in [-0.2, -0.15) is 11.9 Å². The number of Topliss-reactive ketones (excluding diaryl/α,β-unsaturated/α-hetero) is 1. The average Bonchev–Trinajstić information content (AvgIpc) is 2.52. The summed E-state index contributed by atoms with van der Waals surface area (Å²) in [5.41, 5.74) is 18.2. The summed E-state index contributed by atoms with van der Waals surface area (Å²) in [7, 11) is 1.25. The standard InChI is InChI=1S/C5H6N2O6.C5H7NO7.CH4N.2Y/c6-1(8)5(2(7)9,3(10)11)4(12)13;1-2(7)5(3(6)8,4(9)10)12-13-11;1-2;;/h(H6,6,7,8,9,10,11,12,13);1H3,(H4,6,8,9,10,11);2H,1H3;;/q;;-1;;/p-3. The molecular weight excluding hydrogens is 574 g/mol. The van der Waals surface area contributed by atoms with Gasteiger partial charge in [-0.15, -0.1) is 0 Å². The van der Waals surface area contributed by atoms with Crippen molar-refractivity contribution in [1.82, 2.24) is 0 Å². The Morgan fingerprint density at radius 2 is 1.00 bits per heavy atom. The molecule has 0 bridgehead atoms. The van der Waals surface area contributed by atoms with E-state index in [1.807, 2.05) is 0 Å². The summed E-state index contributed by atoms with van der Waals surface area (Å²) < 4.78 is 0. The third-order valence-electron chi connectivity index (χ3n) is 2.60. The molecule has 19 heteroatoms. The van der Waals surface area contributed by atoms with Crippen molar-refractivity contribution in [3.05, 3.63) is 22.9 Å². The smallest absolute Gasteiger partial charge is 0.353 e. The van der Waals surface area contributed by atoms with E-state index in [0.29, 0.717) is 6.92 Å². The zero-order valence-electron chi connectivity index (χ0n) is 15.1. The van der Waals surface area contributed by atoms with Crippen LogP contribution in [0.25, 0.3) is 22.9 Å². The largest absolute Gasteiger partial charge is 0.680 e. The number of hydrogen-bond donors (Lipinski definition) is 4. The van der Waals surface area contributed by atoms with Gasteiger partial charge >= 0.3 is 17.9 Å². The van der Waals surface area contributed by atoms with E-state index in [-0.39, 0.29) is 65.4 Å². The van der Waals surface area contributed by atoms with Gasteiger partial charge < -0.3 is 52.6 Å². The monoisotopic (exact) mass is 588 g/mol. The molecule has 1 unspecified atom stereocenters. The van der Waals surface area contributed by atoms with Gasteiger partial charge in [0, 0.05) is 65.4 Å². The summed E-state index contributed by atoms with van der Waals surface area (Å²) in [5.74, 6) is -14.1. The Bertz CT molecular complexity index is 572. The summed E-state index contributed by atoms with van der Waals surface area (Å²) in [6.45, 7) is 0.708. The van der Waals surface area contributed by atoms with Gasteiger partial charge in [0.15, 0.2) is 5.78 Å². The molecule has 17 nitrogen and oxygen atoms in total. The molecule has 0 spiro atoms. The number of rotatable bonds is 9. The van der Waals surface area contributed by atoms with E-state index in [9.17, 15) is 33.6 Å². The van der Waals surface area contributed by atoms with E-state index in [4.69, 9.17) is 43.5 Å². The molecule has 0 saturated heterocycles. The molecule has 0 aliphatic heterocycles. The fourth-order valence-corrected chi connectivity index (χ4v) is 1.18. The zero-order chi connectivity index (χ0) is 23.5. The molecule has 0 saturated carbocycles. The van der Waals surface area contributed by atoms with Crippen molar-refractivity contribution in [2.24, 2.45) is 5.41 Å². The van der Waals surface area contributed by atoms with Gasteiger partial charge in [-0.05, 0) is 6.92 Å². The summed E-state index contributed by atoms with van der Waals surface area (Å²) in [6, 6.07) is 0. The minimum absolute atomic E-state index is 0. The Morgan fingerprint density at radius 3 is 1.03 bits per heavy atom. The summed E-state index contributed by atoms with van der Waals surface area (Å²) in [5, 5.41) is 35.7. The minimum atomic E-state index is -3.61. The third-order valence-corrected chi connectivity index (χ3v) is 2.60. The van der Waals surface area contributed by atoms with Crippen molar-refractivity contribution in [3.8, 4) is 0 Å². The van der Waals surface area contributed by atoms with Gasteiger partial charge in [0.2, 0.25) is 5.41 Å². The van der Waals surface area contributed by atoms with Crippen LogP contribution in [0.2, 0.25) is 0 Å². The molecule has 0 aromatic rings. The second-order valence-corrected chi connectivity index (χ2v) is 4.05. The molecule has 0 aromatic heterocycles. The predicted octanol–water partition coefficient (Wildman–Crippen LogP) is -0.638. The number of aliphatic carboxylic acids is 3. The number of amides is 3. The zero-order valence-corrected chi connectivity index (χ0v) is 20.8. The predicted molar refractivity (Wildman–Crippen MR) is 81.8 cm³/mol. The van der Waals surface area contributed by atoms with Crippen LogP contribution in [0.5, 0.6) is 0 Å². The van der Waals surface area contributed by atoms with Crippen LogP contribution in [0.1, 0.15) is 6.92 Å². The molecule has 166 valence electrons. The van der Waals surface area contributed by atoms with Crippen LogP contribution >= 0.6 is 0 Å². The number of ketones is 1. The van der Waals surface area contributed by atoms with Gasteiger partial charge in [-0.1, -0.05) is 5.04 Å². The maximum Gasteiger partial charge on any atom is 0.353 e. The number of carbonyl (C=O) groups is 7. The van der Waals surface area contributed by atoms with E-state index in [1.54, 1.807) is 0 Å². The first-order valence-electron chi connectivity index (χ1n) is 6.15. The molecule has 3 amide bonds. The third kappa shape index (κ3) is 8.73. The average molecular weight is 588 g/mol. The van der Waals surface area contributed by atoms with Crippen LogP contribution in [0, 0.1) is 5.41 Å². The van der Waals surface area contributed by atoms with Crippen molar-refractivity contribution in [2.45, 2.75) is 12.5 Å². The second-order valence-electron chi connectivity index (χ2n) is 4.05. The number of carbonyl (C=O) groups excluding carboxylic acids is 4. The number of carboxylic acid groups (broad SMARTS) is 3. The van der Waals surface area contributed by atoms with E-state index in [0.717, 1.165) is 0 Å². The first-order chi connectivity index (χ1) is 12.7. The first-order valence-corrected chi connectivity index (χ1v) is 6.15. The molecule has 1 atom stereocenters.